The Bertz CT molecular complexity index is 602. The fourth-order valence-corrected chi connectivity index (χ4v) is 2.55. The normalized spacial score (nSPS) is 14.9. The van der Waals surface area contributed by atoms with E-state index in [1.54, 1.807) is 11.8 Å². The van der Waals surface area contributed by atoms with Gasteiger partial charge in [0.05, 0.1) is 6.61 Å². The number of halogens is 3. The van der Waals surface area contributed by atoms with E-state index in [1.165, 1.54) is 24.3 Å². The van der Waals surface area contributed by atoms with Crippen molar-refractivity contribution < 1.29 is 27.4 Å². The van der Waals surface area contributed by atoms with Crippen LogP contribution in [0.1, 0.15) is 6.92 Å². The van der Waals surface area contributed by atoms with E-state index in [-0.39, 0.29) is 11.8 Å². The van der Waals surface area contributed by atoms with Crippen molar-refractivity contribution >= 4 is 29.1 Å². The molecule has 6 nitrogen and oxygen atoms in total. The van der Waals surface area contributed by atoms with Crippen LogP contribution in [0.5, 0.6) is 5.75 Å². The van der Waals surface area contributed by atoms with Crippen LogP contribution in [0.2, 0.25) is 0 Å². The molecule has 1 fully saturated rings. The average Bonchev–Trinajstić information content (AvgIpc) is 2.55. The number of alkyl halides is 3. The molecule has 1 amide bonds. The minimum absolute atomic E-state index is 0.299. The van der Waals surface area contributed by atoms with Crippen LogP contribution in [0.3, 0.4) is 0 Å². The Morgan fingerprint density at radius 1 is 1.16 bits per heavy atom. The Morgan fingerprint density at radius 2 is 1.72 bits per heavy atom. The second kappa shape index (κ2) is 8.24. The van der Waals surface area contributed by atoms with E-state index >= 15 is 0 Å². The van der Waals surface area contributed by atoms with Gasteiger partial charge in [0, 0.05) is 31.9 Å². The van der Waals surface area contributed by atoms with E-state index in [9.17, 15) is 18.0 Å². The topological polar surface area (TPSA) is 54.0 Å². The highest BCUT2D eigenvalue weighted by atomic mass is 32.1. The summed E-state index contributed by atoms with van der Waals surface area (Å²) in [5.74, 6) is -0.299. The molecule has 2 rings (SSSR count). The molecule has 0 atom stereocenters. The minimum atomic E-state index is -4.72. The summed E-state index contributed by atoms with van der Waals surface area (Å²) in [5.41, 5.74) is 0.548. The molecule has 0 saturated carbocycles. The third-order valence-corrected chi connectivity index (χ3v) is 3.79. The summed E-state index contributed by atoms with van der Waals surface area (Å²) in [4.78, 5) is 15.1. The number of hydrogen-bond donors (Lipinski definition) is 1. The van der Waals surface area contributed by atoms with Gasteiger partial charge in [-0.05, 0) is 43.4 Å². The summed E-state index contributed by atoms with van der Waals surface area (Å²) in [6, 6.07) is 5.30. The van der Waals surface area contributed by atoms with Crippen molar-refractivity contribution in [3.05, 3.63) is 24.3 Å². The number of ether oxygens (including phenoxy) is 2. The van der Waals surface area contributed by atoms with Gasteiger partial charge in [-0.15, -0.1) is 13.2 Å². The van der Waals surface area contributed by atoms with Crippen LogP contribution < -0.4 is 10.1 Å². The number of carbonyl (C=O) groups is 1. The Morgan fingerprint density at radius 3 is 2.24 bits per heavy atom. The van der Waals surface area contributed by atoms with E-state index in [0.29, 0.717) is 43.6 Å². The summed E-state index contributed by atoms with van der Waals surface area (Å²) >= 11 is 5.30. The number of nitrogens with zero attached hydrogens (tertiary/aromatic N) is 2. The lowest BCUT2D eigenvalue weighted by Crippen LogP contribution is -2.51. The molecule has 138 valence electrons. The number of piperazine rings is 1. The van der Waals surface area contributed by atoms with Gasteiger partial charge < -0.3 is 24.6 Å². The molecule has 0 unspecified atom stereocenters. The maximum Gasteiger partial charge on any atom is 0.573 e. The summed E-state index contributed by atoms with van der Waals surface area (Å²) in [6.45, 7) is 4.13. The lowest BCUT2D eigenvalue weighted by Gasteiger charge is -2.35. The number of hydrogen-bond acceptors (Lipinski definition) is 4. The van der Waals surface area contributed by atoms with Crippen molar-refractivity contribution in [1.82, 2.24) is 9.80 Å². The first-order valence-corrected chi connectivity index (χ1v) is 8.03. The number of thiocarbonyl (C=S) groups is 1. The Hall–Kier alpha value is -2.23. The molecular weight excluding hydrogens is 359 g/mol. The van der Waals surface area contributed by atoms with Gasteiger partial charge >= 0.3 is 12.5 Å². The zero-order valence-electron chi connectivity index (χ0n) is 13.5. The Labute approximate surface area is 148 Å². The fraction of sp³-hybridized carbons (Fsp3) is 0.467. The molecule has 1 aliphatic heterocycles. The number of anilines is 1. The molecule has 0 spiro atoms. The molecule has 1 aliphatic rings. The molecule has 1 heterocycles. The van der Waals surface area contributed by atoms with Crippen LogP contribution in [0, 0.1) is 0 Å². The third-order valence-electron chi connectivity index (χ3n) is 3.43. The highest BCUT2D eigenvalue weighted by Gasteiger charge is 2.31. The zero-order valence-corrected chi connectivity index (χ0v) is 14.3. The third kappa shape index (κ3) is 5.96. The van der Waals surface area contributed by atoms with E-state index in [0.717, 1.165) is 0 Å². The molecule has 1 aromatic rings. The number of amides is 1. The molecule has 1 N–H and O–H groups in total. The van der Waals surface area contributed by atoms with Crippen molar-refractivity contribution in [2.24, 2.45) is 0 Å². The smallest absolute Gasteiger partial charge is 0.450 e. The standard InChI is InChI=1S/C15H18F3N3O3S/c1-2-23-14(22)21-9-7-20(8-10-21)13(25)19-11-3-5-12(6-4-11)24-15(16,17)18/h3-6H,2,7-10H2,1H3,(H,19,25). The quantitative estimate of drug-likeness (QED) is 0.818. The largest absolute Gasteiger partial charge is 0.573 e. The van der Waals surface area contributed by atoms with Gasteiger partial charge in [-0.25, -0.2) is 4.79 Å². The van der Waals surface area contributed by atoms with Crippen molar-refractivity contribution in [3.63, 3.8) is 0 Å². The van der Waals surface area contributed by atoms with Crippen molar-refractivity contribution in [2.75, 3.05) is 38.1 Å². The summed E-state index contributed by atoms with van der Waals surface area (Å²) < 4.78 is 45.1. The van der Waals surface area contributed by atoms with Crippen molar-refractivity contribution in [1.29, 1.82) is 0 Å². The molecule has 0 aromatic heterocycles. The van der Waals surface area contributed by atoms with Crippen molar-refractivity contribution in [3.8, 4) is 5.75 Å². The highest BCUT2D eigenvalue weighted by molar-refractivity contribution is 7.80. The van der Waals surface area contributed by atoms with Gasteiger partial charge in [-0.2, -0.15) is 0 Å². The van der Waals surface area contributed by atoms with Crippen LogP contribution in [-0.2, 0) is 4.74 Å². The van der Waals surface area contributed by atoms with Gasteiger partial charge in [0.2, 0.25) is 0 Å². The number of benzene rings is 1. The first-order valence-electron chi connectivity index (χ1n) is 7.62. The van der Waals surface area contributed by atoms with Gasteiger partial charge in [0.15, 0.2) is 5.11 Å². The molecule has 0 radical (unpaired) electrons. The van der Waals surface area contributed by atoms with E-state index < -0.39 is 6.36 Å². The first kappa shape index (κ1) is 19.1. The van der Waals surface area contributed by atoms with E-state index in [2.05, 4.69) is 10.1 Å². The lowest BCUT2D eigenvalue weighted by molar-refractivity contribution is -0.274. The van der Waals surface area contributed by atoms with E-state index in [4.69, 9.17) is 17.0 Å². The SMILES string of the molecule is CCOC(=O)N1CCN(C(=S)Nc2ccc(OC(F)(F)F)cc2)CC1. The Kier molecular flexibility index (Phi) is 6.29. The van der Waals surface area contributed by atoms with Gasteiger partial charge in [-0.1, -0.05) is 0 Å². The predicted molar refractivity (Wildman–Crippen MR) is 89.5 cm³/mol. The summed E-state index contributed by atoms with van der Waals surface area (Å²) in [6.07, 6.45) is -5.07. The molecule has 0 bridgehead atoms. The minimum Gasteiger partial charge on any atom is -0.450 e. The fourth-order valence-electron chi connectivity index (χ4n) is 2.25. The van der Waals surface area contributed by atoms with Crippen LogP contribution in [-0.4, -0.2) is 60.2 Å². The molecule has 1 saturated heterocycles. The molecule has 10 heteroatoms. The number of nitrogens with one attached hydrogen (secondary N) is 1. The second-order valence-electron chi connectivity index (χ2n) is 5.18. The molecule has 25 heavy (non-hydrogen) atoms. The molecular formula is C15H18F3N3O3S. The molecule has 1 aromatic carbocycles. The maximum absolute atomic E-state index is 12.1. The van der Waals surface area contributed by atoms with Crippen LogP contribution >= 0.6 is 12.2 Å². The monoisotopic (exact) mass is 377 g/mol. The summed E-state index contributed by atoms with van der Waals surface area (Å²) in [7, 11) is 0. The van der Waals surface area contributed by atoms with Crippen molar-refractivity contribution in [2.45, 2.75) is 13.3 Å². The highest BCUT2D eigenvalue weighted by Crippen LogP contribution is 2.24. The Balaban J connectivity index is 1.83. The molecule has 0 aliphatic carbocycles. The van der Waals surface area contributed by atoms with Gasteiger partial charge in [0.25, 0.3) is 0 Å². The second-order valence-corrected chi connectivity index (χ2v) is 5.56. The average molecular weight is 377 g/mol. The van der Waals surface area contributed by atoms with Gasteiger partial charge in [0.1, 0.15) is 5.75 Å². The maximum atomic E-state index is 12.1. The summed E-state index contributed by atoms with van der Waals surface area (Å²) in [5, 5.41) is 3.39. The number of carbonyl (C=O) groups excluding carboxylic acids is 1. The predicted octanol–water partition coefficient (Wildman–Crippen LogP) is 3.06. The number of rotatable bonds is 3. The van der Waals surface area contributed by atoms with E-state index in [1.807, 2.05) is 4.90 Å². The van der Waals surface area contributed by atoms with Crippen LogP contribution in [0.15, 0.2) is 24.3 Å². The van der Waals surface area contributed by atoms with Crippen LogP contribution in [0.4, 0.5) is 23.7 Å². The van der Waals surface area contributed by atoms with Crippen LogP contribution in [0.25, 0.3) is 0 Å². The van der Waals surface area contributed by atoms with Gasteiger partial charge in [-0.3, -0.25) is 0 Å². The lowest BCUT2D eigenvalue weighted by atomic mass is 10.3. The zero-order chi connectivity index (χ0) is 18.4. The first-order chi connectivity index (χ1) is 11.8.